The molecule has 0 spiro atoms. The molecule has 0 amide bonds. The van der Waals surface area contributed by atoms with E-state index < -0.39 is 9.29 Å². The predicted molar refractivity (Wildman–Crippen MR) is 64.3 cm³/mol. The molecule has 0 aromatic heterocycles. The van der Waals surface area contributed by atoms with Crippen LogP contribution in [0, 0.1) is 0 Å². The molecule has 1 aromatic rings. The first-order valence-electron chi connectivity index (χ1n) is 5.81. The molecule has 1 nitrogen and oxygen atoms in total. The first-order chi connectivity index (χ1) is 7.36. The molecular weight excluding hydrogens is 205 g/mol. The lowest BCUT2D eigenvalue weighted by Gasteiger charge is -2.24. The molecule has 1 aliphatic carbocycles. The highest BCUT2D eigenvalue weighted by atomic mass is 28.3. The van der Waals surface area contributed by atoms with Crippen molar-refractivity contribution in [2.24, 2.45) is 0 Å². The topological polar surface area (TPSA) is 12.0 Å². The fraction of sp³-hybridized carbons (Fsp3) is 0.500. The lowest BCUT2D eigenvalue weighted by Crippen LogP contribution is -2.47. The maximum Gasteiger partial charge on any atom is 0.336 e. The standard InChI is InChI=1S/C12H18FNSi/c13-15(12-9-5-2-6-10-12)14-11-7-3-1-4-8-11/h2,5-6,9-11,14-15H,1,3-4,7-8H2. The van der Waals surface area contributed by atoms with Gasteiger partial charge in [0.05, 0.1) is 0 Å². The highest BCUT2D eigenvalue weighted by Crippen LogP contribution is 2.17. The summed E-state index contributed by atoms with van der Waals surface area (Å²) in [7, 11) is -2.38. The predicted octanol–water partition coefficient (Wildman–Crippen LogP) is 2.01. The zero-order chi connectivity index (χ0) is 10.5. The smallest absolute Gasteiger partial charge is 0.309 e. The van der Waals surface area contributed by atoms with Crippen molar-refractivity contribution in [1.29, 1.82) is 0 Å². The first-order valence-corrected chi connectivity index (χ1v) is 7.40. The third kappa shape index (κ3) is 3.14. The Balaban J connectivity index is 1.88. The Labute approximate surface area is 92.6 Å². The fourth-order valence-electron chi connectivity index (χ4n) is 2.19. The third-order valence-corrected chi connectivity index (χ3v) is 4.81. The van der Waals surface area contributed by atoms with E-state index in [0.29, 0.717) is 6.04 Å². The van der Waals surface area contributed by atoms with Crippen LogP contribution in [0.25, 0.3) is 0 Å². The van der Waals surface area contributed by atoms with Crippen molar-refractivity contribution in [2.45, 2.75) is 38.1 Å². The molecule has 2 rings (SSSR count). The fourth-order valence-corrected chi connectivity index (χ4v) is 3.69. The average molecular weight is 223 g/mol. The molecule has 1 atom stereocenters. The summed E-state index contributed by atoms with van der Waals surface area (Å²) in [4.78, 5) is 3.21. The van der Waals surface area contributed by atoms with Crippen molar-refractivity contribution in [3.63, 3.8) is 0 Å². The summed E-state index contributed by atoms with van der Waals surface area (Å²) in [5.74, 6) is 0. The Kier molecular flexibility index (Phi) is 3.91. The van der Waals surface area contributed by atoms with Crippen molar-refractivity contribution in [1.82, 2.24) is 4.98 Å². The summed E-state index contributed by atoms with van der Waals surface area (Å²) in [5.41, 5.74) is 0. The Morgan fingerprint density at radius 1 is 1.07 bits per heavy atom. The molecule has 0 radical (unpaired) electrons. The summed E-state index contributed by atoms with van der Waals surface area (Å²) in [5, 5.41) is 0.878. The SMILES string of the molecule is F[SiH](NC1CCCCC1)c1ccccc1. The van der Waals surface area contributed by atoms with E-state index in [0.717, 1.165) is 18.0 Å². The van der Waals surface area contributed by atoms with Crippen molar-refractivity contribution in [3.05, 3.63) is 30.3 Å². The zero-order valence-electron chi connectivity index (χ0n) is 8.95. The van der Waals surface area contributed by atoms with Gasteiger partial charge < -0.3 is 4.98 Å². The van der Waals surface area contributed by atoms with Crippen LogP contribution in [0.15, 0.2) is 30.3 Å². The number of rotatable bonds is 3. The van der Waals surface area contributed by atoms with Gasteiger partial charge in [0.2, 0.25) is 0 Å². The van der Waals surface area contributed by atoms with Gasteiger partial charge in [0.25, 0.3) is 0 Å². The van der Waals surface area contributed by atoms with E-state index in [-0.39, 0.29) is 0 Å². The van der Waals surface area contributed by atoms with Gasteiger partial charge in [0, 0.05) is 6.04 Å². The summed E-state index contributed by atoms with van der Waals surface area (Å²) >= 11 is 0. The second kappa shape index (κ2) is 5.42. The van der Waals surface area contributed by atoms with Gasteiger partial charge in [-0.15, -0.1) is 0 Å². The number of hydrogen-bond donors (Lipinski definition) is 1. The van der Waals surface area contributed by atoms with Crippen LogP contribution in [0.4, 0.5) is 4.11 Å². The van der Waals surface area contributed by atoms with Gasteiger partial charge in [0.1, 0.15) is 0 Å². The number of halogens is 1. The van der Waals surface area contributed by atoms with Gasteiger partial charge in [-0.25, -0.2) is 0 Å². The number of nitrogens with one attached hydrogen (secondary N) is 1. The maximum absolute atomic E-state index is 13.9. The molecule has 0 aliphatic heterocycles. The molecule has 0 saturated heterocycles. The van der Waals surface area contributed by atoms with E-state index in [1.807, 2.05) is 30.3 Å². The summed E-state index contributed by atoms with van der Waals surface area (Å²) in [6.07, 6.45) is 6.14. The monoisotopic (exact) mass is 223 g/mol. The molecule has 82 valence electrons. The first kappa shape index (κ1) is 10.8. The van der Waals surface area contributed by atoms with Crippen LogP contribution in [0.1, 0.15) is 32.1 Å². The molecule has 1 fully saturated rings. The van der Waals surface area contributed by atoms with Crippen LogP contribution in [-0.2, 0) is 0 Å². The van der Waals surface area contributed by atoms with Crippen LogP contribution in [0.2, 0.25) is 0 Å². The highest BCUT2D eigenvalue weighted by molar-refractivity contribution is 6.64. The van der Waals surface area contributed by atoms with Crippen LogP contribution in [-0.4, -0.2) is 15.3 Å². The minimum absolute atomic E-state index is 0.431. The van der Waals surface area contributed by atoms with E-state index >= 15 is 0 Å². The zero-order valence-corrected chi connectivity index (χ0v) is 10.1. The number of benzene rings is 1. The minimum atomic E-state index is -2.38. The molecule has 3 heteroatoms. The van der Waals surface area contributed by atoms with Crippen LogP contribution >= 0.6 is 0 Å². The van der Waals surface area contributed by atoms with E-state index in [1.54, 1.807) is 0 Å². The lowest BCUT2D eigenvalue weighted by atomic mass is 9.96. The van der Waals surface area contributed by atoms with Crippen LogP contribution in [0.3, 0.4) is 0 Å². The molecule has 0 heterocycles. The molecule has 1 N–H and O–H groups in total. The molecule has 1 saturated carbocycles. The lowest BCUT2D eigenvalue weighted by molar-refractivity contribution is 0.411. The molecule has 0 bridgehead atoms. The van der Waals surface area contributed by atoms with Gasteiger partial charge in [-0.3, -0.25) is 4.11 Å². The Morgan fingerprint density at radius 2 is 1.73 bits per heavy atom. The van der Waals surface area contributed by atoms with Crippen LogP contribution < -0.4 is 10.2 Å². The maximum atomic E-state index is 13.9. The van der Waals surface area contributed by atoms with E-state index in [1.165, 1.54) is 19.3 Å². The van der Waals surface area contributed by atoms with Crippen molar-refractivity contribution >= 4 is 14.5 Å². The Morgan fingerprint density at radius 3 is 2.40 bits per heavy atom. The highest BCUT2D eigenvalue weighted by Gasteiger charge is 2.19. The summed E-state index contributed by atoms with van der Waals surface area (Å²) < 4.78 is 13.9. The second-order valence-electron chi connectivity index (χ2n) is 4.27. The van der Waals surface area contributed by atoms with Crippen LogP contribution in [0.5, 0.6) is 0 Å². The second-order valence-corrected chi connectivity index (χ2v) is 6.00. The Bertz CT molecular complexity index is 285. The van der Waals surface area contributed by atoms with Crippen molar-refractivity contribution in [3.8, 4) is 0 Å². The molecule has 1 aromatic carbocycles. The normalized spacial score (nSPS) is 20.1. The molecule has 15 heavy (non-hydrogen) atoms. The third-order valence-electron chi connectivity index (χ3n) is 3.08. The van der Waals surface area contributed by atoms with Gasteiger partial charge in [-0.1, -0.05) is 49.6 Å². The molecule has 1 aliphatic rings. The van der Waals surface area contributed by atoms with Gasteiger partial charge in [-0.2, -0.15) is 0 Å². The van der Waals surface area contributed by atoms with E-state index in [2.05, 4.69) is 4.98 Å². The summed E-state index contributed by atoms with van der Waals surface area (Å²) in [6.45, 7) is 0. The van der Waals surface area contributed by atoms with Crippen molar-refractivity contribution < 1.29 is 4.11 Å². The van der Waals surface area contributed by atoms with Gasteiger partial charge >= 0.3 is 9.29 Å². The van der Waals surface area contributed by atoms with Gasteiger partial charge in [0.15, 0.2) is 0 Å². The molecular formula is C12H18FNSi. The van der Waals surface area contributed by atoms with Crippen molar-refractivity contribution in [2.75, 3.05) is 0 Å². The summed E-state index contributed by atoms with van der Waals surface area (Å²) in [6, 6.07) is 9.99. The van der Waals surface area contributed by atoms with Gasteiger partial charge in [-0.05, 0) is 18.0 Å². The van der Waals surface area contributed by atoms with E-state index in [4.69, 9.17) is 0 Å². The Hall–Kier alpha value is -0.673. The number of hydrogen-bond acceptors (Lipinski definition) is 1. The minimum Gasteiger partial charge on any atom is -0.309 e. The quantitative estimate of drug-likeness (QED) is 0.610. The average Bonchev–Trinajstić information content (AvgIpc) is 2.31. The van der Waals surface area contributed by atoms with E-state index in [9.17, 15) is 4.11 Å². The molecule has 1 unspecified atom stereocenters. The largest absolute Gasteiger partial charge is 0.336 e.